The van der Waals surface area contributed by atoms with Crippen LogP contribution in [0.2, 0.25) is 5.02 Å². The van der Waals surface area contributed by atoms with Gasteiger partial charge in [0, 0.05) is 32.9 Å². The minimum Gasteiger partial charge on any atom is -0.325 e. The number of hydrogen-bond donors (Lipinski definition) is 3. The van der Waals surface area contributed by atoms with Gasteiger partial charge in [0.25, 0.3) is 17.5 Å². The standard InChI is InChI=1S/C36H27ClN4O5S/c37-27-16-9-17-28(22-27)39-36(44)33(24-11-3-1-4-12-24)47-30-19-10-18-29(23-30)38-35(43)31(40-34(42)25-13-5-2-6-14-25)21-26-15-7-8-20-32(26)41(45)46/h1-23,33H,(H,38,43)(H,39,44)(H,40,42)/b31-21+. The molecule has 3 N–H and O–H groups in total. The van der Waals surface area contributed by atoms with E-state index in [1.165, 1.54) is 36.0 Å². The van der Waals surface area contributed by atoms with Gasteiger partial charge in [-0.2, -0.15) is 0 Å². The lowest BCUT2D eigenvalue weighted by molar-refractivity contribution is -0.385. The maximum atomic E-state index is 13.6. The number of nitro benzene ring substituents is 1. The van der Waals surface area contributed by atoms with Crippen LogP contribution >= 0.6 is 23.4 Å². The Labute approximate surface area is 279 Å². The molecule has 0 radical (unpaired) electrons. The normalized spacial score (nSPS) is 11.6. The van der Waals surface area contributed by atoms with Crippen molar-refractivity contribution in [1.82, 2.24) is 5.32 Å². The number of para-hydroxylation sites is 1. The number of hydrogen-bond acceptors (Lipinski definition) is 6. The lowest BCUT2D eigenvalue weighted by atomic mass is 10.1. The topological polar surface area (TPSA) is 130 Å². The summed E-state index contributed by atoms with van der Waals surface area (Å²) >= 11 is 7.40. The largest absolute Gasteiger partial charge is 0.325 e. The third-order valence-corrected chi connectivity index (χ3v) is 8.22. The van der Waals surface area contributed by atoms with E-state index in [9.17, 15) is 24.5 Å². The monoisotopic (exact) mass is 662 g/mol. The summed E-state index contributed by atoms with van der Waals surface area (Å²) in [6, 6.07) is 37.2. The van der Waals surface area contributed by atoms with Crippen molar-refractivity contribution in [1.29, 1.82) is 0 Å². The van der Waals surface area contributed by atoms with Crippen LogP contribution in [-0.2, 0) is 9.59 Å². The molecule has 5 aromatic carbocycles. The number of nitrogens with one attached hydrogen (secondary N) is 3. The number of halogens is 1. The van der Waals surface area contributed by atoms with Crippen LogP contribution in [0.4, 0.5) is 17.1 Å². The van der Waals surface area contributed by atoms with Crippen LogP contribution in [0.15, 0.2) is 144 Å². The highest BCUT2D eigenvalue weighted by Crippen LogP contribution is 2.37. The van der Waals surface area contributed by atoms with Gasteiger partial charge in [-0.15, -0.1) is 11.8 Å². The van der Waals surface area contributed by atoms with E-state index in [1.807, 2.05) is 36.4 Å². The molecule has 1 unspecified atom stereocenters. The molecular formula is C36H27ClN4O5S. The SMILES string of the molecule is O=C(Nc1cccc(SC(C(=O)Nc2cccc(Cl)c2)c2ccccc2)c1)/C(=C\c1ccccc1[N+](=O)[O-])NC(=O)c1ccccc1. The molecule has 0 aromatic heterocycles. The fourth-order valence-corrected chi connectivity index (χ4v) is 5.80. The van der Waals surface area contributed by atoms with Crippen LogP contribution in [0, 0.1) is 10.1 Å². The van der Waals surface area contributed by atoms with Gasteiger partial charge in [0.1, 0.15) is 10.9 Å². The maximum absolute atomic E-state index is 13.6. The van der Waals surface area contributed by atoms with E-state index in [-0.39, 0.29) is 22.9 Å². The number of anilines is 2. The lowest BCUT2D eigenvalue weighted by Gasteiger charge is -2.18. The van der Waals surface area contributed by atoms with E-state index in [0.717, 1.165) is 5.56 Å². The first-order valence-electron chi connectivity index (χ1n) is 14.3. The van der Waals surface area contributed by atoms with E-state index in [0.29, 0.717) is 26.9 Å². The van der Waals surface area contributed by atoms with Crippen LogP contribution in [0.25, 0.3) is 6.08 Å². The summed E-state index contributed by atoms with van der Waals surface area (Å²) in [5.74, 6) is -1.53. The van der Waals surface area contributed by atoms with Crippen molar-refractivity contribution in [3.8, 4) is 0 Å². The average molecular weight is 663 g/mol. The zero-order chi connectivity index (χ0) is 33.2. The molecule has 0 saturated carbocycles. The van der Waals surface area contributed by atoms with Crippen LogP contribution in [0.5, 0.6) is 0 Å². The summed E-state index contributed by atoms with van der Waals surface area (Å²) in [7, 11) is 0. The Kier molecular flexibility index (Phi) is 10.8. The minimum atomic E-state index is -0.701. The molecule has 5 rings (SSSR count). The van der Waals surface area contributed by atoms with Crippen LogP contribution in [0.1, 0.15) is 26.7 Å². The number of rotatable bonds is 11. The molecule has 0 saturated heterocycles. The molecule has 9 nitrogen and oxygen atoms in total. The highest BCUT2D eigenvalue weighted by molar-refractivity contribution is 8.00. The van der Waals surface area contributed by atoms with Crippen molar-refractivity contribution >= 4 is 64.2 Å². The van der Waals surface area contributed by atoms with Crippen molar-refractivity contribution in [2.75, 3.05) is 10.6 Å². The van der Waals surface area contributed by atoms with Crippen molar-refractivity contribution in [3.05, 3.63) is 171 Å². The average Bonchev–Trinajstić information content (AvgIpc) is 3.08. The number of carbonyl (C=O) groups excluding carboxylic acids is 3. The number of nitro groups is 1. The number of nitrogens with zero attached hydrogens (tertiary/aromatic N) is 1. The number of amides is 3. The second kappa shape index (κ2) is 15.5. The molecule has 3 amide bonds. The van der Waals surface area contributed by atoms with Gasteiger partial charge < -0.3 is 16.0 Å². The van der Waals surface area contributed by atoms with E-state index in [2.05, 4.69) is 16.0 Å². The maximum Gasteiger partial charge on any atom is 0.276 e. The number of benzene rings is 5. The van der Waals surface area contributed by atoms with Gasteiger partial charge in [-0.3, -0.25) is 24.5 Å². The summed E-state index contributed by atoms with van der Waals surface area (Å²) in [5.41, 5.74) is 1.71. The molecule has 5 aromatic rings. The second-order valence-electron chi connectivity index (χ2n) is 10.1. The highest BCUT2D eigenvalue weighted by atomic mass is 35.5. The quantitative estimate of drug-likeness (QED) is 0.0567. The zero-order valence-corrected chi connectivity index (χ0v) is 26.2. The molecule has 47 heavy (non-hydrogen) atoms. The predicted octanol–water partition coefficient (Wildman–Crippen LogP) is 8.13. The van der Waals surface area contributed by atoms with Gasteiger partial charge in [-0.1, -0.05) is 84.4 Å². The van der Waals surface area contributed by atoms with Crippen LogP contribution < -0.4 is 16.0 Å². The van der Waals surface area contributed by atoms with Gasteiger partial charge in [0.05, 0.1) is 10.5 Å². The van der Waals surface area contributed by atoms with Crippen molar-refractivity contribution < 1.29 is 19.3 Å². The number of thioether (sulfide) groups is 1. The van der Waals surface area contributed by atoms with Gasteiger partial charge in [0.15, 0.2) is 0 Å². The lowest BCUT2D eigenvalue weighted by Crippen LogP contribution is -2.30. The third kappa shape index (κ3) is 8.94. The van der Waals surface area contributed by atoms with Gasteiger partial charge in [-0.25, -0.2) is 0 Å². The Morgan fingerprint density at radius 1 is 0.745 bits per heavy atom. The van der Waals surface area contributed by atoms with E-state index in [4.69, 9.17) is 11.6 Å². The summed E-state index contributed by atoms with van der Waals surface area (Å²) in [5, 5.41) is 19.8. The van der Waals surface area contributed by atoms with Gasteiger partial charge >= 0.3 is 0 Å². The molecule has 1 atom stereocenters. The molecule has 0 heterocycles. The third-order valence-electron chi connectivity index (χ3n) is 6.74. The molecular weight excluding hydrogens is 636 g/mol. The summed E-state index contributed by atoms with van der Waals surface area (Å²) in [6.45, 7) is 0. The minimum absolute atomic E-state index is 0.136. The Morgan fingerprint density at radius 2 is 1.38 bits per heavy atom. The molecule has 0 aliphatic rings. The Morgan fingerprint density at radius 3 is 2.09 bits per heavy atom. The molecule has 0 bridgehead atoms. The Hall–Kier alpha value is -5.71. The first-order chi connectivity index (χ1) is 22.8. The second-order valence-corrected chi connectivity index (χ2v) is 11.7. The van der Waals surface area contributed by atoms with Crippen molar-refractivity contribution in [2.24, 2.45) is 0 Å². The number of carbonyl (C=O) groups is 3. The highest BCUT2D eigenvalue weighted by Gasteiger charge is 2.23. The molecule has 11 heteroatoms. The Balaban J connectivity index is 1.41. The Bertz CT molecular complexity index is 1950. The molecule has 0 spiro atoms. The van der Waals surface area contributed by atoms with E-state index >= 15 is 0 Å². The van der Waals surface area contributed by atoms with Gasteiger partial charge in [0.2, 0.25) is 5.91 Å². The first-order valence-corrected chi connectivity index (χ1v) is 15.5. The summed E-state index contributed by atoms with van der Waals surface area (Å²) in [4.78, 5) is 51.9. The predicted molar refractivity (Wildman–Crippen MR) is 185 cm³/mol. The molecule has 0 aliphatic heterocycles. The molecule has 0 aliphatic carbocycles. The smallest absolute Gasteiger partial charge is 0.276 e. The van der Waals surface area contributed by atoms with E-state index < -0.39 is 22.0 Å². The first kappa shape index (κ1) is 32.7. The van der Waals surface area contributed by atoms with Crippen LogP contribution in [-0.4, -0.2) is 22.6 Å². The summed E-state index contributed by atoms with van der Waals surface area (Å²) < 4.78 is 0. The van der Waals surface area contributed by atoms with Crippen LogP contribution in [0.3, 0.4) is 0 Å². The van der Waals surface area contributed by atoms with Crippen molar-refractivity contribution in [3.63, 3.8) is 0 Å². The van der Waals surface area contributed by atoms with Gasteiger partial charge in [-0.05, 0) is 66.2 Å². The summed E-state index contributed by atoms with van der Waals surface area (Å²) in [6.07, 6.45) is 1.26. The molecule has 0 fully saturated rings. The van der Waals surface area contributed by atoms with E-state index in [1.54, 1.807) is 78.9 Å². The fraction of sp³-hybridized carbons (Fsp3) is 0.0278. The van der Waals surface area contributed by atoms with Crippen molar-refractivity contribution in [2.45, 2.75) is 10.1 Å². The molecule has 234 valence electrons. The zero-order valence-electron chi connectivity index (χ0n) is 24.6. The fourth-order valence-electron chi connectivity index (χ4n) is 4.53.